The van der Waals surface area contributed by atoms with E-state index in [4.69, 9.17) is 9.47 Å². The van der Waals surface area contributed by atoms with Crippen LogP contribution in [0.2, 0.25) is 0 Å². The quantitative estimate of drug-likeness (QED) is 0.584. The van der Waals surface area contributed by atoms with E-state index in [9.17, 15) is 0 Å². The molecule has 3 nitrogen and oxygen atoms in total. The molecule has 0 saturated carbocycles. The van der Waals surface area contributed by atoms with Crippen molar-refractivity contribution in [2.45, 2.75) is 20.8 Å². The average Bonchev–Trinajstić information content (AvgIpc) is 2.04. The van der Waals surface area contributed by atoms with Crippen molar-refractivity contribution < 1.29 is 9.47 Å². The van der Waals surface area contributed by atoms with Crippen LogP contribution in [0, 0.1) is 5.41 Å². The highest BCUT2D eigenvalue weighted by molar-refractivity contribution is 4.69. The molecule has 0 saturated heterocycles. The molecule has 0 fully saturated rings. The summed E-state index contributed by atoms with van der Waals surface area (Å²) in [5, 5.41) is 3.15. The molecule has 0 aromatic rings. The molecule has 0 spiro atoms. The molecule has 80 valence electrons. The lowest BCUT2D eigenvalue weighted by molar-refractivity contribution is 0.0184. The first kappa shape index (κ1) is 12.9. The highest BCUT2D eigenvalue weighted by Crippen LogP contribution is 2.13. The minimum atomic E-state index is 0.209. The van der Waals surface area contributed by atoms with E-state index in [0.717, 1.165) is 19.8 Å². The van der Waals surface area contributed by atoms with Gasteiger partial charge in [-0.05, 0) is 14.0 Å². The summed E-state index contributed by atoms with van der Waals surface area (Å²) in [7, 11) is 1.96. The second-order valence-corrected chi connectivity index (χ2v) is 3.94. The number of hydrogen-bond donors (Lipinski definition) is 1. The minimum Gasteiger partial charge on any atom is -0.379 e. The number of ether oxygens (including phenoxy) is 2. The summed E-state index contributed by atoms with van der Waals surface area (Å²) in [6, 6.07) is 0. The van der Waals surface area contributed by atoms with Gasteiger partial charge in [0.05, 0.1) is 19.8 Å². The van der Waals surface area contributed by atoms with Crippen molar-refractivity contribution in [1.29, 1.82) is 0 Å². The van der Waals surface area contributed by atoms with Gasteiger partial charge in [0.1, 0.15) is 0 Å². The molecule has 0 aliphatic carbocycles. The summed E-state index contributed by atoms with van der Waals surface area (Å²) in [5.41, 5.74) is 0.209. The summed E-state index contributed by atoms with van der Waals surface area (Å²) < 4.78 is 10.7. The van der Waals surface area contributed by atoms with Gasteiger partial charge in [-0.3, -0.25) is 0 Å². The van der Waals surface area contributed by atoms with Crippen molar-refractivity contribution in [3.63, 3.8) is 0 Å². The third-order valence-electron chi connectivity index (χ3n) is 1.72. The van der Waals surface area contributed by atoms with Crippen molar-refractivity contribution in [3.8, 4) is 0 Å². The Kier molecular flexibility index (Phi) is 7.23. The average molecular weight is 189 g/mol. The van der Waals surface area contributed by atoms with Crippen LogP contribution in [0.1, 0.15) is 20.8 Å². The Labute approximate surface area is 81.8 Å². The van der Waals surface area contributed by atoms with Crippen LogP contribution in [-0.4, -0.2) is 40.0 Å². The van der Waals surface area contributed by atoms with Gasteiger partial charge >= 0.3 is 0 Å². The van der Waals surface area contributed by atoms with Gasteiger partial charge < -0.3 is 14.8 Å². The molecule has 0 aliphatic rings. The van der Waals surface area contributed by atoms with Crippen LogP contribution in [0.4, 0.5) is 0 Å². The molecular formula is C10H23NO2. The molecule has 13 heavy (non-hydrogen) atoms. The van der Waals surface area contributed by atoms with E-state index in [1.54, 1.807) is 0 Å². The first-order valence-electron chi connectivity index (χ1n) is 4.92. The standard InChI is InChI=1S/C10H23NO2/c1-5-12-6-7-13-9-10(2,3)8-11-4/h11H,5-9H2,1-4H3. The maximum Gasteiger partial charge on any atom is 0.0700 e. The summed E-state index contributed by atoms with van der Waals surface area (Å²) in [4.78, 5) is 0. The Bertz CT molecular complexity index is 115. The fourth-order valence-electron chi connectivity index (χ4n) is 1.14. The maximum atomic E-state index is 5.49. The van der Waals surface area contributed by atoms with Gasteiger partial charge in [0, 0.05) is 18.6 Å². The van der Waals surface area contributed by atoms with Crippen LogP contribution in [-0.2, 0) is 9.47 Å². The zero-order valence-corrected chi connectivity index (χ0v) is 9.35. The number of hydrogen-bond acceptors (Lipinski definition) is 3. The van der Waals surface area contributed by atoms with Gasteiger partial charge in [-0.25, -0.2) is 0 Å². The monoisotopic (exact) mass is 189 g/mol. The molecule has 0 unspecified atom stereocenters. The Morgan fingerprint density at radius 2 is 1.77 bits per heavy atom. The summed E-state index contributed by atoms with van der Waals surface area (Å²) in [6.07, 6.45) is 0. The normalized spacial score (nSPS) is 12.0. The minimum absolute atomic E-state index is 0.209. The van der Waals surface area contributed by atoms with Crippen molar-refractivity contribution in [2.24, 2.45) is 5.41 Å². The van der Waals surface area contributed by atoms with Gasteiger partial charge in [0.15, 0.2) is 0 Å². The van der Waals surface area contributed by atoms with Crippen LogP contribution in [0.25, 0.3) is 0 Å². The van der Waals surface area contributed by atoms with E-state index in [2.05, 4.69) is 19.2 Å². The Morgan fingerprint density at radius 1 is 1.15 bits per heavy atom. The fourth-order valence-corrected chi connectivity index (χ4v) is 1.14. The van der Waals surface area contributed by atoms with E-state index in [0.29, 0.717) is 13.2 Å². The SMILES string of the molecule is CCOCCOCC(C)(C)CNC. The highest BCUT2D eigenvalue weighted by atomic mass is 16.5. The summed E-state index contributed by atoms with van der Waals surface area (Å²) in [5.74, 6) is 0. The fraction of sp³-hybridized carbons (Fsp3) is 1.00. The first-order valence-corrected chi connectivity index (χ1v) is 4.92. The van der Waals surface area contributed by atoms with E-state index in [-0.39, 0.29) is 5.41 Å². The lowest BCUT2D eigenvalue weighted by Gasteiger charge is -2.23. The lowest BCUT2D eigenvalue weighted by atomic mass is 9.95. The van der Waals surface area contributed by atoms with Crippen molar-refractivity contribution in [2.75, 3.05) is 40.0 Å². The predicted octanol–water partition coefficient (Wildman–Crippen LogP) is 1.29. The summed E-state index contributed by atoms with van der Waals surface area (Å²) in [6.45, 7) is 10.3. The van der Waals surface area contributed by atoms with E-state index >= 15 is 0 Å². The van der Waals surface area contributed by atoms with Gasteiger partial charge in [0.25, 0.3) is 0 Å². The van der Waals surface area contributed by atoms with Crippen LogP contribution in [0.15, 0.2) is 0 Å². The third kappa shape index (κ3) is 8.22. The van der Waals surface area contributed by atoms with Crippen molar-refractivity contribution in [3.05, 3.63) is 0 Å². The van der Waals surface area contributed by atoms with Crippen molar-refractivity contribution in [1.82, 2.24) is 5.32 Å². The van der Waals surface area contributed by atoms with Crippen LogP contribution in [0.5, 0.6) is 0 Å². The second-order valence-electron chi connectivity index (χ2n) is 3.94. The van der Waals surface area contributed by atoms with Crippen LogP contribution in [0.3, 0.4) is 0 Å². The van der Waals surface area contributed by atoms with Crippen LogP contribution < -0.4 is 5.32 Å². The van der Waals surface area contributed by atoms with Gasteiger partial charge in [-0.1, -0.05) is 13.8 Å². The molecule has 3 heteroatoms. The highest BCUT2D eigenvalue weighted by Gasteiger charge is 2.16. The first-order chi connectivity index (χ1) is 6.12. The predicted molar refractivity (Wildman–Crippen MR) is 55.0 cm³/mol. The molecule has 0 aromatic heterocycles. The largest absolute Gasteiger partial charge is 0.379 e. The zero-order chi connectivity index (χ0) is 10.2. The van der Waals surface area contributed by atoms with E-state index < -0.39 is 0 Å². The zero-order valence-electron chi connectivity index (χ0n) is 9.35. The Balaban J connectivity index is 3.29. The summed E-state index contributed by atoms with van der Waals surface area (Å²) >= 11 is 0. The molecule has 0 aromatic carbocycles. The number of nitrogens with one attached hydrogen (secondary N) is 1. The molecule has 0 heterocycles. The Hall–Kier alpha value is -0.120. The maximum absolute atomic E-state index is 5.49. The topological polar surface area (TPSA) is 30.5 Å². The molecule has 0 bridgehead atoms. The molecule has 0 radical (unpaired) electrons. The molecular weight excluding hydrogens is 166 g/mol. The van der Waals surface area contributed by atoms with Crippen molar-refractivity contribution >= 4 is 0 Å². The lowest BCUT2D eigenvalue weighted by Crippen LogP contribution is -2.31. The van der Waals surface area contributed by atoms with E-state index in [1.165, 1.54) is 0 Å². The van der Waals surface area contributed by atoms with Gasteiger partial charge in [-0.2, -0.15) is 0 Å². The van der Waals surface area contributed by atoms with Gasteiger partial charge in [-0.15, -0.1) is 0 Å². The molecule has 1 N–H and O–H groups in total. The molecule has 0 atom stereocenters. The van der Waals surface area contributed by atoms with Gasteiger partial charge in [0.2, 0.25) is 0 Å². The third-order valence-corrected chi connectivity index (χ3v) is 1.72. The number of rotatable bonds is 8. The molecule has 0 amide bonds. The molecule has 0 rings (SSSR count). The van der Waals surface area contributed by atoms with E-state index in [1.807, 2.05) is 14.0 Å². The molecule has 0 aliphatic heterocycles. The second kappa shape index (κ2) is 7.30. The van der Waals surface area contributed by atoms with Crippen LogP contribution >= 0.6 is 0 Å². The smallest absolute Gasteiger partial charge is 0.0700 e. The Morgan fingerprint density at radius 3 is 2.31 bits per heavy atom.